The summed E-state index contributed by atoms with van der Waals surface area (Å²) in [5.41, 5.74) is 5.64. The molecule has 0 aromatic heterocycles. The molecule has 0 aliphatic carbocycles. The fraction of sp³-hybridized carbons (Fsp3) is 0.467. The minimum Gasteiger partial charge on any atom is -0.273 e. The zero-order valence-corrected chi connectivity index (χ0v) is 13.1. The Morgan fingerprint density at radius 2 is 2.19 bits per heavy atom. The van der Waals surface area contributed by atoms with E-state index < -0.39 is 9.84 Å². The molecule has 5 nitrogen and oxygen atoms in total. The van der Waals surface area contributed by atoms with E-state index in [4.69, 9.17) is 0 Å². The van der Waals surface area contributed by atoms with Crippen molar-refractivity contribution in [2.45, 2.75) is 26.7 Å². The number of aryl methyl sites for hydroxylation is 2. The lowest BCUT2D eigenvalue weighted by Crippen LogP contribution is -2.21. The van der Waals surface area contributed by atoms with Crippen LogP contribution in [-0.4, -0.2) is 32.0 Å². The molecule has 2 rings (SSSR count). The lowest BCUT2D eigenvalue weighted by Gasteiger charge is -2.05. The molecular weight excluding hydrogens is 288 g/mol. The Morgan fingerprint density at radius 1 is 1.43 bits per heavy atom. The molecule has 1 amide bonds. The second-order valence-electron chi connectivity index (χ2n) is 5.63. The van der Waals surface area contributed by atoms with E-state index in [0.717, 1.165) is 16.7 Å². The second-order valence-corrected chi connectivity index (χ2v) is 7.86. The van der Waals surface area contributed by atoms with Crippen LogP contribution in [0.4, 0.5) is 0 Å². The van der Waals surface area contributed by atoms with E-state index in [0.29, 0.717) is 6.42 Å². The van der Waals surface area contributed by atoms with Crippen LogP contribution in [0.2, 0.25) is 0 Å². The van der Waals surface area contributed by atoms with Crippen molar-refractivity contribution in [1.82, 2.24) is 5.43 Å². The third-order valence-corrected chi connectivity index (χ3v) is 5.47. The van der Waals surface area contributed by atoms with Gasteiger partial charge in [-0.2, -0.15) is 5.10 Å². The number of amides is 1. The van der Waals surface area contributed by atoms with E-state index in [1.165, 1.54) is 0 Å². The normalized spacial score (nSPS) is 20.8. The monoisotopic (exact) mass is 308 g/mol. The number of hydrazone groups is 1. The van der Waals surface area contributed by atoms with Crippen LogP contribution >= 0.6 is 0 Å². The Balaban J connectivity index is 1.86. The van der Waals surface area contributed by atoms with Gasteiger partial charge in [0.15, 0.2) is 9.84 Å². The summed E-state index contributed by atoms with van der Waals surface area (Å²) in [6, 6.07) is 6.02. The molecule has 1 N–H and O–H groups in total. The fourth-order valence-corrected chi connectivity index (χ4v) is 4.28. The molecule has 1 fully saturated rings. The maximum absolute atomic E-state index is 11.7. The van der Waals surface area contributed by atoms with Crippen LogP contribution in [0.25, 0.3) is 0 Å². The average molecular weight is 308 g/mol. The van der Waals surface area contributed by atoms with E-state index in [1.807, 2.05) is 32.0 Å². The van der Waals surface area contributed by atoms with Crippen LogP contribution in [0.5, 0.6) is 0 Å². The highest BCUT2D eigenvalue weighted by Gasteiger charge is 2.29. The van der Waals surface area contributed by atoms with Gasteiger partial charge in [0.05, 0.1) is 17.7 Å². The smallest absolute Gasteiger partial charge is 0.240 e. The molecular formula is C15H20N2O3S. The summed E-state index contributed by atoms with van der Waals surface area (Å²) < 4.78 is 22.7. The summed E-state index contributed by atoms with van der Waals surface area (Å²) in [6.45, 7) is 3.97. The first-order valence-corrected chi connectivity index (χ1v) is 8.77. The SMILES string of the molecule is Cc1ccc(C)c(/C=N\NC(=O)C[C@H]2CCS(=O)(=O)C2)c1. The number of nitrogens with zero attached hydrogens (tertiary/aromatic N) is 1. The lowest BCUT2D eigenvalue weighted by atomic mass is 10.1. The van der Waals surface area contributed by atoms with Gasteiger partial charge in [-0.25, -0.2) is 13.8 Å². The van der Waals surface area contributed by atoms with E-state index in [9.17, 15) is 13.2 Å². The highest BCUT2D eigenvalue weighted by atomic mass is 32.2. The van der Waals surface area contributed by atoms with Gasteiger partial charge in [-0.05, 0) is 37.3 Å². The van der Waals surface area contributed by atoms with Crippen LogP contribution < -0.4 is 5.43 Å². The predicted octanol–water partition coefficient (Wildman–Crippen LogP) is 1.58. The van der Waals surface area contributed by atoms with Crippen LogP contribution in [0.1, 0.15) is 29.5 Å². The third kappa shape index (κ3) is 4.67. The Kier molecular flexibility index (Phi) is 4.77. The molecule has 1 aromatic carbocycles. The summed E-state index contributed by atoms with van der Waals surface area (Å²) in [6.07, 6.45) is 2.39. The van der Waals surface area contributed by atoms with Crippen LogP contribution in [-0.2, 0) is 14.6 Å². The number of benzene rings is 1. The van der Waals surface area contributed by atoms with Gasteiger partial charge in [-0.15, -0.1) is 0 Å². The summed E-state index contributed by atoms with van der Waals surface area (Å²) in [4.78, 5) is 11.7. The van der Waals surface area contributed by atoms with Gasteiger partial charge in [-0.1, -0.05) is 23.8 Å². The first-order chi connectivity index (χ1) is 9.85. The van der Waals surface area contributed by atoms with Crippen molar-refractivity contribution < 1.29 is 13.2 Å². The Bertz CT molecular complexity index is 665. The molecule has 0 saturated carbocycles. The summed E-state index contributed by atoms with van der Waals surface area (Å²) in [7, 11) is -2.93. The van der Waals surface area contributed by atoms with Gasteiger partial charge in [-0.3, -0.25) is 4.79 Å². The van der Waals surface area contributed by atoms with Gasteiger partial charge in [0.25, 0.3) is 0 Å². The summed E-state index contributed by atoms with van der Waals surface area (Å²) in [5, 5.41) is 3.95. The van der Waals surface area contributed by atoms with E-state index >= 15 is 0 Å². The molecule has 0 unspecified atom stereocenters. The van der Waals surface area contributed by atoms with Crippen molar-refractivity contribution in [2.24, 2.45) is 11.0 Å². The maximum atomic E-state index is 11.7. The van der Waals surface area contributed by atoms with E-state index in [2.05, 4.69) is 10.5 Å². The third-order valence-electron chi connectivity index (χ3n) is 3.63. The molecule has 114 valence electrons. The van der Waals surface area contributed by atoms with Crippen molar-refractivity contribution in [3.63, 3.8) is 0 Å². The van der Waals surface area contributed by atoms with Crippen molar-refractivity contribution in [3.05, 3.63) is 34.9 Å². The molecule has 21 heavy (non-hydrogen) atoms. The first kappa shape index (κ1) is 15.7. The number of nitrogens with one attached hydrogen (secondary N) is 1. The van der Waals surface area contributed by atoms with Crippen molar-refractivity contribution in [1.29, 1.82) is 0 Å². The zero-order chi connectivity index (χ0) is 15.5. The standard InChI is InChI=1S/C15H20N2O3S/c1-11-3-4-12(2)14(7-11)9-16-17-15(18)8-13-5-6-21(19,20)10-13/h3-4,7,9,13H,5-6,8,10H2,1-2H3,(H,17,18)/b16-9-/t13-/m1/s1. The van der Waals surface area contributed by atoms with Crippen LogP contribution in [0.15, 0.2) is 23.3 Å². The highest BCUT2D eigenvalue weighted by Crippen LogP contribution is 2.21. The molecule has 0 spiro atoms. The van der Waals surface area contributed by atoms with E-state index in [-0.39, 0.29) is 29.8 Å². The minimum atomic E-state index is -2.93. The lowest BCUT2D eigenvalue weighted by molar-refractivity contribution is -0.121. The molecule has 1 saturated heterocycles. The maximum Gasteiger partial charge on any atom is 0.240 e. The molecule has 1 aliphatic rings. The Labute approximate surface area is 125 Å². The van der Waals surface area contributed by atoms with Crippen molar-refractivity contribution in [2.75, 3.05) is 11.5 Å². The molecule has 1 aliphatic heterocycles. The number of carbonyl (C=O) groups is 1. The Hall–Kier alpha value is -1.69. The molecule has 0 radical (unpaired) electrons. The molecule has 1 heterocycles. The topological polar surface area (TPSA) is 75.6 Å². The molecule has 6 heteroatoms. The largest absolute Gasteiger partial charge is 0.273 e. The van der Waals surface area contributed by atoms with Gasteiger partial charge in [0.1, 0.15) is 0 Å². The summed E-state index contributed by atoms with van der Waals surface area (Å²) >= 11 is 0. The number of sulfone groups is 1. The average Bonchev–Trinajstić information content (AvgIpc) is 2.73. The second kappa shape index (κ2) is 6.39. The van der Waals surface area contributed by atoms with Crippen molar-refractivity contribution in [3.8, 4) is 0 Å². The number of hydrogen-bond donors (Lipinski definition) is 1. The minimum absolute atomic E-state index is 0.0779. The quantitative estimate of drug-likeness (QED) is 0.678. The van der Waals surface area contributed by atoms with Gasteiger partial charge in [0.2, 0.25) is 5.91 Å². The van der Waals surface area contributed by atoms with Crippen LogP contribution in [0.3, 0.4) is 0 Å². The Morgan fingerprint density at radius 3 is 2.86 bits per heavy atom. The van der Waals surface area contributed by atoms with Crippen molar-refractivity contribution >= 4 is 22.0 Å². The van der Waals surface area contributed by atoms with Gasteiger partial charge in [0, 0.05) is 6.42 Å². The number of carbonyl (C=O) groups excluding carboxylic acids is 1. The number of hydrogen-bond acceptors (Lipinski definition) is 4. The molecule has 1 aromatic rings. The number of rotatable bonds is 4. The van der Waals surface area contributed by atoms with E-state index in [1.54, 1.807) is 6.21 Å². The van der Waals surface area contributed by atoms with Crippen LogP contribution in [0, 0.1) is 19.8 Å². The van der Waals surface area contributed by atoms with Gasteiger partial charge >= 0.3 is 0 Å². The first-order valence-electron chi connectivity index (χ1n) is 6.95. The zero-order valence-electron chi connectivity index (χ0n) is 12.3. The highest BCUT2D eigenvalue weighted by molar-refractivity contribution is 7.91. The fourth-order valence-electron chi connectivity index (χ4n) is 2.41. The summed E-state index contributed by atoms with van der Waals surface area (Å²) in [5.74, 6) is -0.0118. The molecule has 0 bridgehead atoms. The van der Waals surface area contributed by atoms with Gasteiger partial charge < -0.3 is 0 Å². The molecule has 1 atom stereocenters. The predicted molar refractivity (Wildman–Crippen MR) is 83.0 cm³/mol.